The summed E-state index contributed by atoms with van der Waals surface area (Å²) in [7, 11) is 0. The van der Waals surface area contributed by atoms with Gasteiger partial charge in [-0.25, -0.2) is 0 Å². The molecule has 0 bridgehead atoms. The van der Waals surface area contributed by atoms with Crippen molar-refractivity contribution in [1.29, 1.82) is 0 Å². The Morgan fingerprint density at radius 1 is 1.36 bits per heavy atom. The summed E-state index contributed by atoms with van der Waals surface area (Å²) in [4.78, 5) is 0.810. The lowest BCUT2D eigenvalue weighted by atomic mass is 10.1. The van der Waals surface area contributed by atoms with Crippen LogP contribution in [0.4, 0.5) is 0 Å². The molecular weight excluding hydrogens is 395 g/mol. The standard InChI is InChI=1S/C10H10Br3Cl/c1-6(11)9(13)5-7-8(12)3-2-4-10(7)14/h2-4,6,9H,5H2,1H3. The number of hydrogen-bond acceptors (Lipinski definition) is 0. The summed E-state index contributed by atoms with van der Waals surface area (Å²) in [6.45, 7) is 2.12. The van der Waals surface area contributed by atoms with E-state index in [2.05, 4.69) is 54.7 Å². The van der Waals surface area contributed by atoms with E-state index in [9.17, 15) is 0 Å². The Bertz CT molecular complexity index is 292. The first-order valence-corrected chi connectivity index (χ1v) is 7.23. The Labute approximate surface area is 115 Å². The average Bonchev–Trinajstić information content (AvgIpc) is 2.11. The van der Waals surface area contributed by atoms with E-state index in [0.29, 0.717) is 9.65 Å². The van der Waals surface area contributed by atoms with Crippen LogP contribution in [0.2, 0.25) is 5.02 Å². The summed E-state index contributed by atoms with van der Waals surface area (Å²) in [6.07, 6.45) is 0.909. The molecule has 2 unspecified atom stereocenters. The quantitative estimate of drug-likeness (QED) is 0.607. The van der Waals surface area contributed by atoms with E-state index in [1.807, 2.05) is 18.2 Å². The third-order valence-corrected chi connectivity index (χ3v) is 5.52. The van der Waals surface area contributed by atoms with Crippen molar-refractivity contribution in [2.75, 3.05) is 0 Å². The van der Waals surface area contributed by atoms with Crippen LogP contribution in [0.3, 0.4) is 0 Å². The van der Waals surface area contributed by atoms with Crippen molar-refractivity contribution in [3.63, 3.8) is 0 Å². The van der Waals surface area contributed by atoms with Gasteiger partial charge in [-0.2, -0.15) is 0 Å². The van der Waals surface area contributed by atoms with E-state index >= 15 is 0 Å². The van der Waals surface area contributed by atoms with Crippen molar-refractivity contribution >= 4 is 59.4 Å². The molecule has 0 saturated carbocycles. The molecule has 0 fully saturated rings. The first-order valence-electron chi connectivity index (χ1n) is 4.23. The van der Waals surface area contributed by atoms with E-state index in [0.717, 1.165) is 21.5 Å². The molecule has 0 heterocycles. The van der Waals surface area contributed by atoms with E-state index < -0.39 is 0 Å². The molecule has 0 amide bonds. The Kier molecular flexibility index (Phi) is 5.47. The molecule has 0 aliphatic heterocycles. The second-order valence-corrected chi connectivity index (χ2v) is 6.98. The van der Waals surface area contributed by atoms with Crippen LogP contribution in [-0.4, -0.2) is 9.65 Å². The molecule has 0 spiro atoms. The van der Waals surface area contributed by atoms with Crippen LogP contribution < -0.4 is 0 Å². The van der Waals surface area contributed by atoms with Crippen LogP contribution in [-0.2, 0) is 6.42 Å². The van der Waals surface area contributed by atoms with Crippen molar-refractivity contribution in [1.82, 2.24) is 0 Å². The minimum Gasteiger partial charge on any atom is -0.0881 e. The number of benzene rings is 1. The van der Waals surface area contributed by atoms with Gasteiger partial charge in [0.25, 0.3) is 0 Å². The van der Waals surface area contributed by atoms with Crippen molar-refractivity contribution in [3.05, 3.63) is 33.3 Å². The monoisotopic (exact) mass is 402 g/mol. The fourth-order valence-electron chi connectivity index (χ4n) is 1.08. The normalized spacial score (nSPS) is 15.2. The smallest absolute Gasteiger partial charge is 0.0449 e. The number of hydrogen-bond donors (Lipinski definition) is 0. The molecular formula is C10H10Br3Cl. The van der Waals surface area contributed by atoms with Gasteiger partial charge in [-0.1, -0.05) is 72.4 Å². The summed E-state index contributed by atoms with van der Waals surface area (Å²) in [6, 6.07) is 5.87. The molecule has 0 radical (unpaired) electrons. The maximum absolute atomic E-state index is 6.11. The van der Waals surface area contributed by atoms with Crippen molar-refractivity contribution in [2.45, 2.75) is 23.0 Å². The van der Waals surface area contributed by atoms with Gasteiger partial charge in [0.15, 0.2) is 0 Å². The molecule has 2 atom stereocenters. The van der Waals surface area contributed by atoms with Gasteiger partial charge in [-0.15, -0.1) is 0 Å². The van der Waals surface area contributed by atoms with Crippen molar-refractivity contribution in [3.8, 4) is 0 Å². The molecule has 0 saturated heterocycles. The number of alkyl halides is 2. The fourth-order valence-corrected chi connectivity index (χ4v) is 2.49. The van der Waals surface area contributed by atoms with Crippen molar-refractivity contribution in [2.24, 2.45) is 0 Å². The molecule has 0 nitrogen and oxygen atoms in total. The molecule has 0 aliphatic carbocycles. The van der Waals surface area contributed by atoms with E-state index in [-0.39, 0.29) is 0 Å². The Balaban J connectivity index is 2.85. The second kappa shape index (κ2) is 5.88. The molecule has 0 aromatic heterocycles. The summed E-state index contributed by atoms with van der Waals surface area (Å²) in [5.41, 5.74) is 1.15. The lowest BCUT2D eigenvalue weighted by Gasteiger charge is -2.14. The molecule has 0 aliphatic rings. The highest BCUT2D eigenvalue weighted by molar-refractivity contribution is 9.12. The van der Waals surface area contributed by atoms with Gasteiger partial charge in [0.05, 0.1) is 0 Å². The highest BCUT2D eigenvalue weighted by atomic mass is 79.9. The zero-order valence-corrected chi connectivity index (χ0v) is 13.1. The number of rotatable bonds is 3. The highest BCUT2D eigenvalue weighted by Crippen LogP contribution is 2.29. The van der Waals surface area contributed by atoms with Gasteiger partial charge < -0.3 is 0 Å². The first-order chi connectivity index (χ1) is 6.52. The SMILES string of the molecule is CC(Br)C(Br)Cc1c(Cl)cccc1Br. The minimum atomic E-state index is 0.388. The predicted molar refractivity (Wildman–Crippen MR) is 74.0 cm³/mol. The van der Waals surface area contributed by atoms with Crippen LogP contribution in [0.25, 0.3) is 0 Å². The summed E-state index contributed by atoms with van der Waals surface area (Å²) < 4.78 is 1.07. The maximum atomic E-state index is 6.11. The Morgan fingerprint density at radius 3 is 2.50 bits per heavy atom. The average molecular weight is 405 g/mol. The van der Waals surface area contributed by atoms with Crippen LogP contribution in [0.5, 0.6) is 0 Å². The van der Waals surface area contributed by atoms with Gasteiger partial charge in [-0.3, -0.25) is 0 Å². The van der Waals surface area contributed by atoms with E-state index in [4.69, 9.17) is 11.6 Å². The molecule has 1 aromatic rings. The zero-order chi connectivity index (χ0) is 10.7. The fraction of sp³-hybridized carbons (Fsp3) is 0.400. The third-order valence-electron chi connectivity index (χ3n) is 1.96. The largest absolute Gasteiger partial charge is 0.0881 e. The summed E-state index contributed by atoms with van der Waals surface area (Å²) >= 11 is 16.8. The third kappa shape index (κ3) is 3.51. The van der Waals surface area contributed by atoms with Gasteiger partial charge in [0.1, 0.15) is 0 Å². The van der Waals surface area contributed by atoms with Crippen LogP contribution in [0.15, 0.2) is 22.7 Å². The second-order valence-electron chi connectivity index (χ2n) is 3.10. The van der Waals surface area contributed by atoms with Crippen LogP contribution in [0.1, 0.15) is 12.5 Å². The Hall–Kier alpha value is 0.950. The van der Waals surface area contributed by atoms with Crippen LogP contribution >= 0.6 is 59.4 Å². The van der Waals surface area contributed by atoms with Gasteiger partial charge in [-0.05, 0) is 24.1 Å². The molecule has 1 rings (SSSR count). The van der Waals surface area contributed by atoms with Crippen molar-refractivity contribution < 1.29 is 0 Å². The zero-order valence-electron chi connectivity index (χ0n) is 7.61. The summed E-state index contributed by atoms with van der Waals surface area (Å²) in [5.74, 6) is 0. The minimum absolute atomic E-state index is 0.388. The predicted octanol–water partition coefficient (Wildman–Crippen LogP) is 5.19. The number of halogens is 4. The lowest BCUT2D eigenvalue weighted by molar-refractivity contribution is 0.854. The van der Waals surface area contributed by atoms with E-state index in [1.54, 1.807) is 0 Å². The molecule has 1 aromatic carbocycles. The van der Waals surface area contributed by atoms with E-state index in [1.165, 1.54) is 0 Å². The molecule has 0 N–H and O–H groups in total. The highest BCUT2D eigenvalue weighted by Gasteiger charge is 2.14. The lowest BCUT2D eigenvalue weighted by Crippen LogP contribution is -2.13. The molecule has 4 heteroatoms. The Morgan fingerprint density at radius 2 is 2.00 bits per heavy atom. The molecule has 14 heavy (non-hydrogen) atoms. The summed E-state index contributed by atoms with van der Waals surface area (Å²) in [5, 5.41) is 0.817. The van der Waals surface area contributed by atoms with Gasteiger partial charge in [0.2, 0.25) is 0 Å². The maximum Gasteiger partial charge on any atom is 0.0449 e. The van der Waals surface area contributed by atoms with Crippen LogP contribution in [0, 0.1) is 0 Å². The topological polar surface area (TPSA) is 0 Å². The first kappa shape index (κ1) is 13.0. The molecule has 78 valence electrons. The van der Waals surface area contributed by atoms with Gasteiger partial charge in [0, 0.05) is 19.1 Å². The van der Waals surface area contributed by atoms with Gasteiger partial charge >= 0.3 is 0 Å².